The number of anilines is 2. The quantitative estimate of drug-likeness (QED) is 0.598. The zero-order valence-corrected chi connectivity index (χ0v) is 16.9. The Morgan fingerprint density at radius 2 is 1.93 bits per heavy atom. The second kappa shape index (κ2) is 8.02. The number of thiocarbonyl (C=S) groups is 1. The molecule has 0 saturated carbocycles. The number of thioether (sulfide) groups is 1. The fourth-order valence-electron chi connectivity index (χ4n) is 2.63. The van der Waals surface area contributed by atoms with Gasteiger partial charge in [-0.2, -0.15) is 0 Å². The van der Waals surface area contributed by atoms with Crippen molar-refractivity contribution in [3.8, 4) is 11.5 Å². The third-order valence-electron chi connectivity index (χ3n) is 4.00. The summed E-state index contributed by atoms with van der Waals surface area (Å²) in [4.78, 5) is 16.9. The van der Waals surface area contributed by atoms with Crippen LogP contribution in [-0.4, -0.2) is 36.0 Å². The minimum Gasteiger partial charge on any atom is -0.504 e. The number of phenolic OH excluding ortho intramolecular Hbond substituents is 1. The van der Waals surface area contributed by atoms with Crippen LogP contribution in [0.2, 0.25) is 0 Å². The fourth-order valence-corrected chi connectivity index (χ4v) is 3.93. The molecule has 1 fully saturated rings. The van der Waals surface area contributed by atoms with Crippen molar-refractivity contribution in [2.24, 2.45) is 0 Å². The van der Waals surface area contributed by atoms with E-state index in [1.165, 1.54) is 16.7 Å². The maximum absolute atomic E-state index is 12.9. The van der Waals surface area contributed by atoms with Crippen LogP contribution in [-0.2, 0) is 4.79 Å². The molecule has 1 aliphatic heterocycles. The maximum atomic E-state index is 12.9. The number of ether oxygens (including phenoxy) is 1. The summed E-state index contributed by atoms with van der Waals surface area (Å²) in [6, 6.07) is 12.7. The molecule has 27 heavy (non-hydrogen) atoms. The number of hydrogen-bond donors (Lipinski definition) is 1. The molecule has 1 N–H and O–H groups in total. The predicted octanol–water partition coefficient (Wildman–Crippen LogP) is 4.26. The van der Waals surface area contributed by atoms with Gasteiger partial charge in [0, 0.05) is 19.8 Å². The van der Waals surface area contributed by atoms with Gasteiger partial charge in [0.25, 0.3) is 5.91 Å². The van der Waals surface area contributed by atoms with Crippen molar-refractivity contribution < 1.29 is 14.6 Å². The van der Waals surface area contributed by atoms with Gasteiger partial charge in [-0.15, -0.1) is 0 Å². The molecule has 1 heterocycles. The van der Waals surface area contributed by atoms with Gasteiger partial charge >= 0.3 is 0 Å². The van der Waals surface area contributed by atoms with E-state index in [0.29, 0.717) is 21.6 Å². The Labute approximate surface area is 168 Å². The summed E-state index contributed by atoms with van der Waals surface area (Å²) in [7, 11) is 3.93. The molecule has 2 aromatic rings. The molecule has 140 valence electrons. The predicted molar refractivity (Wildman–Crippen MR) is 116 cm³/mol. The zero-order chi connectivity index (χ0) is 19.6. The van der Waals surface area contributed by atoms with Crippen LogP contribution in [0.3, 0.4) is 0 Å². The average molecular weight is 401 g/mol. The van der Waals surface area contributed by atoms with E-state index in [9.17, 15) is 9.90 Å². The molecule has 1 amide bonds. The number of phenols is 1. The minimum atomic E-state index is -0.159. The largest absolute Gasteiger partial charge is 0.504 e. The monoisotopic (exact) mass is 400 g/mol. The zero-order valence-electron chi connectivity index (χ0n) is 15.3. The van der Waals surface area contributed by atoms with Gasteiger partial charge in [-0.25, -0.2) is 0 Å². The first-order valence-electron chi connectivity index (χ1n) is 8.42. The van der Waals surface area contributed by atoms with Gasteiger partial charge < -0.3 is 14.7 Å². The third-order valence-corrected chi connectivity index (χ3v) is 5.30. The van der Waals surface area contributed by atoms with Gasteiger partial charge in [-0.1, -0.05) is 30.0 Å². The molecular formula is C20H20N2O3S2. The van der Waals surface area contributed by atoms with Crippen LogP contribution >= 0.6 is 24.0 Å². The molecule has 0 aliphatic carbocycles. The van der Waals surface area contributed by atoms with Crippen molar-refractivity contribution >= 4 is 51.7 Å². The molecule has 3 rings (SSSR count). The number of rotatable bonds is 5. The molecule has 1 saturated heterocycles. The second-order valence-corrected chi connectivity index (χ2v) is 7.76. The van der Waals surface area contributed by atoms with Gasteiger partial charge in [0.15, 0.2) is 15.8 Å². The Kier molecular flexibility index (Phi) is 5.72. The molecule has 2 aromatic carbocycles. The van der Waals surface area contributed by atoms with Gasteiger partial charge in [0.2, 0.25) is 0 Å². The lowest BCUT2D eigenvalue weighted by atomic mass is 10.2. The molecule has 0 bridgehead atoms. The van der Waals surface area contributed by atoms with E-state index < -0.39 is 0 Å². The first kappa shape index (κ1) is 19.3. The number of aromatic hydroxyl groups is 1. The van der Waals surface area contributed by atoms with E-state index in [4.69, 9.17) is 17.0 Å². The Balaban J connectivity index is 1.87. The van der Waals surface area contributed by atoms with Crippen molar-refractivity contribution in [1.82, 2.24) is 0 Å². The van der Waals surface area contributed by atoms with Gasteiger partial charge in [0.05, 0.1) is 17.2 Å². The summed E-state index contributed by atoms with van der Waals surface area (Å²) in [6.45, 7) is 2.29. The standard InChI is InChI=1S/C20H20N2O3S2/c1-4-25-17-11-13(5-10-16(17)23)12-18-19(24)22(20(26)27-18)15-8-6-14(7-9-15)21(2)3/h5-12,23H,4H2,1-3H3/b18-12-. The topological polar surface area (TPSA) is 53.0 Å². The fraction of sp³-hybridized carbons (Fsp3) is 0.200. The highest BCUT2D eigenvalue weighted by molar-refractivity contribution is 8.27. The van der Waals surface area contributed by atoms with E-state index in [1.807, 2.05) is 50.2 Å². The summed E-state index contributed by atoms with van der Waals surface area (Å²) in [6.07, 6.45) is 1.76. The summed E-state index contributed by atoms with van der Waals surface area (Å²) < 4.78 is 5.89. The maximum Gasteiger partial charge on any atom is 0.270 e. The molecular weight excluding hydrogens is 380 g/mol. The van der Waals surface area contributed by atoms with E-state index in [-0.39, 0.29) is 11.7 Å². The van der Waals surface area contributed by atoms with Crippen molar-refractivity contribution in [3.63, 3.8) is 0 Å². The van der Waals surface area contributed by atoms with E-state index in [1.54, 1.807) is 24.3 Å². The van der Waals surface area contributed by atoms with Crippen molar-refractivity contribution in [2.45, 2.75) is 6.92 Å². The highest BCUT2D eigenvalue weighted by atomic mass is 32.2. The van der Waals surface area contributed by atoms with E-state index in [0.717, 1.165) is 16.9 Å². The second-order valence-electron chi connectivity index (χ2n) is 6.09. The van der Waals surface area contributed by atoms with Crippen LogP contribution in [0.1, 0.15) is 12.5 Å². The molecule has 0 atom stereocenters. The van der Waals surface area contributed by atoms with Gasteiger partial charge in [0.1, 0.15) is 0 Å². The van der Waals surface area contributed by atoms with Gasteiger partial charge in [-0.3, -0.25) is 9.69 Å². The number of amides is 1. The summed E-state index contributed by atoms with van der Waals surface area (Å²) in [5, 5.41) is 9.82. The van der Waals surface area contributed by atoms with Crippen molar-refractivity contribution in [1.29, 1.82) is 0 Å². The Hall–Kier alpha value is -2.51. The summed E-state index contributed by atoms with van der Waals surface area (Å²) >= 11 is 6.68. The lowest BCUT2D eigenvalue weighted by Crippen LogP contribution is -2.27. The lowest BCUT2D eigenvalue weighted by Gasteiger charge is -2.17. The van der Waals surface area contributed by atoms with Crippen molar-refractivity contribution in [2.75, 3.05) is 30.5 Å². The first-order chi connectivity index (χ1) is 12.9. The minimum absolute atomic E-state index is 0.0718. The number of carbonyl (C=O) groups excluding carboxylic acids is 1. The van der Waals surface area contributed by atoms with Crippen LogP contribution in [0.25, 0.3) is 6.08 Å². The van der Waals surface area contributed by atoms with E-state index >= 15 is 0 Å². The SMILES string of the molecule is CCOc1cc(/C=C2\SC(=S)N(c3ccc(N(C)C)cc3)C2=O)ccc1O. The van der Waals surface area contributed by atoms with E-state index in [2.05, 4.69) is 0 Å². The van der Waals surface area contributed by atoms with Crippen LogP contribution in [0.4, 0.5) is 11.4 Å². The van der Waals surface area contributed by atoms with Crippen LogP contribution in [0.5, 0.6) is 11.5 Å². The summed E-state index contributed by atoms with van der Waals surface area (Å²) in [5.41, 5.74) is 2.55. The average Bonchev–Trinajstić information content (AvgIpc) is 2.91. The number of hydrogen-bond acceptors (Lipinski definition) is 6. The Bertz CT molecular complexity index is 908. The molecule has 5 nitrogen and oxygen atoms in total. The lowest BCUT2D eigenvalue weighted by molar-refractivity contribution is -0.113. The molecule has 0 aromatic heterocycles. The van der Waals surface area contributed by atoms with Crippen LogP contribution < -0.4 is 14.5 Å². The van der Waals surface area contributed by atoms with Gasteiger partial charge in [-0.05, 0) is 55.0 Å². The number of carbonyl (C=O) groups is 1. The van der Waals surface area contributed by atoms with Crippen LogP contribution in [0.15, 0.2) is 47.4 Å². The smallest absolute Gasteiger partial charge is 0.270 e. The molecule has 0 spiro atoms. The number of nitrogens with zero attached hydrogens (tertiary/aromatic N) is 2. The number of benzene rings is 2. The molecule has 7 heteroatoms. The molecule has 0 unspecified atom stereocenters. The highest BCUT2D eigenvalue weighted by Crippen LogP contribution is 2.37. The third kappa shape index (κ3) is 4.09. The Morgan fingerprint density at radius 3 is 2.56 bits per heavy atom. The summed E-state index contributed by atoms with van der Waals surface area (Å²) in [5.74, 6) is 0.303. The highest BCUT2D eigenvalue weighted by Gasteiger charge is 2.33. The Morgan fingerprint density at radius 1 is 1.22 bits per heavy atom. The first-order valence-corrected chi connectivity index (χ1v) is 9.64. The van der Waals surface area contributed by atoms with Crippen molar-refractivity contribution in [3.05, 3.63) is 52.9 Å². The normalized spacial score (nSPS) is 15.5. The molecule has 1 aliphatic rings. The molecule has 0 radical (unpaired) electrons. The van der Waals surface area contributed by atoms with Crippen LogP contribution in [0, 0.1) is 0 Å².